The van der Waals surface area contributed by atoms with Crippen molar-refractivity contribution < 1.29 is 5.11 Å². The van der Waals surface area contributed by atoms with Crippen LogP contribution in [0.25, 0.3) is 0 Å². The monoisotopic (exact) mass is 339 g/mol. The third-order valence-corrected chi connectivity index (χ3v) is 3.82. The van der Waals surface area contributed by atoms with E-state index in [9.17, 15) is 0 Å². The van der Waals surface area contributed by atoms with E-state index in [1.165, 1.54) is 5.69 Å². The van der Waals surface area contributed by atoms with E-state index in [1.54, 1.807) is 0 Å². The number of nitrogens with zero attached hydrogens (tertiary/aromatic N) is 2. The number of nitrogens with two attached hydrogens (primary N) is 1. The number of hydrogen-bond acceptors (Lipinski definition) is 5. The van der Waals surface area contributed by atoms with Crippen LogP contribution < -0.4 is 21.3 Å². The van der Waals surface area contributed by atoms with Crippen molar-refractivity contribution in [3.05, 3.63) is 24.3 Å². The van der Waals surface area contributed by atoms with Crippen molar-refractivity contribution >= 4 is 46.0 Å². The van der Waals surface area contributed by atoms with Crippen LogP contribution in [0.4, 0.5) is 11.4 Å². The van der Waals surface area contributed by atoms with E-state index in [0.717, 1.165) is 38.4 Å². The Bertz CT molecular complexity index is 514. The largest absolute Gasteiger partial charge is 0.395 e. The molecule has 120 valence electrons. The molecule has 1 aliphatic heterocycles. The summed E-state index contributed by atoms with van der Waals surface area (Å²) in [5.41, 5.74) is 7.44. The molecule has 0 saturated carbocycles. The fourth-order valence-electron chi connectivity index (χ4n) is 2.40. The summed E-state index contributed by atoms with van der Waals surface area (Å²) in [5, 5.41) is 15.2. The molecule has 0 unspecified atom stereocenters. The molecule has 0 radical (unpaired) electrons. The van der Waals surface area contributed by atoms with Crippen molar-refractivity contribution in [3.8, 4) is 0 Å². The number of anilines is 2. The SMILES string of the molecule is NC(=S)NC(=S)Nc1ccc(N2CCN(CCO)CC2)cc1. The molecule has 1 saturated heterocycles. The lowest BCUT2D eigenvalue weighted by molar-refractivity contribution is 0.189. The third kappa shape index (κ3) is 5.06. The maximum Gasteiger partial charge on any atom is 0.177 e. The highest BCUT2D eigenvalue weighted by Crippen LogP contribution is 2.19. The zero-order valence-corrected chi connectivity index (χ0v) is 13.9. The van der Waals surface area contributed by atoms with E-state index in [2.05, 4.69) is 32.6 Å². The highest BCUT2D eigenvalue weighted by atomic mass is 32.1. The van der Waals surface area contributed by atoms with Crippen LogP contribution in [0.5, 0.6) is 0 Å². The van der Waals surface area contributed by atoms with Gasteiger partial charge in [0.15, 0.2) is 10.2 Å². The van der Waals surface area contributed by atoms with E-state index in [4.69, 9.17) is 35.3 Å². The van der Waals surface area contributed by atoms with Crippen LogP contribution in [0.3, 0.4) is 0 Å². The van der Waals surface area contributed by atoms with Gasteiger partial charge in [-0.15, -0.1) is 0 Å². The van der Waals surface area contributed by atoms with Crippen molar-refractivity contribution in [2.45, 2.75) is 0 Å². The van der Waals surface area contributed by atoms with Crippen LogP contribution in [0.1, 0.15) is 0 Å². The van der Waals surface area contributed by atoms with Gasteiger partial charge in [0, 0.05) is 44.1 Å². The lowest BCUT2D eigenvalue weighted by atomic mass is 10.2. The summed E-state index contributed by atoms with van der Waals surface area (Å²) in [6.07, 6.45) is 0. The van der Waals surface area contributed by atoms with Gasteiger partial charge in [0.05, 0.1) is 6.61 Å². The molecule has 1 heterocycles. The number of rotatable bonds is 4. The average Bonchev–Trinajstić information content (AvgIpc) is 2.48. The number of benzene rings is 1. The molecule has 0 spiro atoms. The van der Waals surface area contributed by atoms with Gasteiger partial charge in [-0.3, -0.25) is 4.90 Å². The summed E-state index contributed by atoms with van der Waals surface area (Å²) >= 11 is 9.82. The van der Waals surface area contributed by atoms with Crippen molar-refractivity contribution in [1.29, 1.82) is 0 Å². The molecule has 1 aliphatic rings. The van der Waals surface area contributed by atoms with Gasteiger partial charge >= 0.3 is 0 Å². The van der Waals surface area contributed by atoms with Gasteiger partial charge in [-0.05, 0) is 48.7 Å². The lowest BCUT2D eigenvalue weighted by Gasteiger charge is -2.35. The van der Waals surface area contributed by atoms with Gasteiger partial charge in [0.1, 0.15) is 0 Å². The Morgan fingerprint density at radius 2 is 1.77 bits per heavy atom. The molecular weight excluding hydrogens is 318 g/mol. The molecule has 0 aromatic heterocycles. The standard InChI is InChI=1S/C14H21N5OS2/c15-13(21)17-14(22)16-11-1-3-12(4-2-11)19-7-5-18(6-8-19)9-10-20/h1-4,20H,5-10H2,(H4,15,16,17,21,22). The number of nitrogens with one attached hydrogen (secondary N) is 2. The quantitative estimate of drug-likeness (QED) is 0.585. The van der Waals surface area contributed by atoms with Crippen molar-refractivity contribution in [3.63, 3.8) is 0 Å². The summed E-state index contributed by atoms with van der Waals surface area (Å²) in [6.45, 7) is 4.86. The van der Waals surface area contributed by atoms with E-state index in [0.29, 0.717) is 5.11 Å². The van der Waals surface area contributed by atoms with Crippen LogP contribution in [0.2, 0.25) is 0 Å². The minimum Gasteiger partial charge on any atom is -0.395 e. The topological polar surface area (TPSA) is 76.8 Å². The van der Waals surface area contributed by atoms with Crippen LogP contribution in [-0.4, -0.2) is 59.6 Å². The van der Waals surface area contributed by atoms with Crippen LogP contribution in [0.15, 0.2) is 24.3 Å². The van der Waals surface area contributed by atoms with Crippen LogP contribution >= 0.6 is 24.4 Å². The Morgan fingerprint density at radius 1 is 1.14 bits per heavy atom. The fourth-order valence-corrected chi connectivity index (χ4v) is 2.80. The first kappa shape index (κ1) is 16.9. The number of β-amino-alcohol motifs (C(OH)–C–C–N with tert-alkyl or cyclic N) is 1. The molecule has 0 bridgehead atoms. The number of aliphatic hydroxyl groups is 1. The van der Waals surface area contributed by atoms with E-state index < -0.39 is 0 Å². The second-order valence-corrected chi connectivity index (χ2v) is 5.89. The maximum atomic E-state index is 8.96. The average molecular weight is 339 g/mol. The van der Waals surface area contributed by atoms with E-state index >= 15 is 0 Å². The van der Waals surface area contributed by atoms with Crippen molar-refractivity contribution in [2.75, 3.05) is 49.5 Å². The summed E-state index contributed by atoms with van der Waals surface area (Å²) in [5.74, 6) is 0. The lowest BCUT2D eigenvalue weighted by Crippen LogP contribution is -2.47. The van der Waals surface area contributed by atoms with E-state index in [1.807, 2.05) is 12.1 Å². The molecule has 1 fully saturated rings. The van der Waals surface area contributed by atoms with Gasteiger partial charge in [-0.2, -0.15) is 0 Å². The summed E-state index contributed by atoms with van der Waals surface area (Å²) < 4.78 is 0. The molecule has 0 atom stereocenters. The van der Waals surface area contributed by atoms with Gasteiger partial charge in [-0.25, -0.2) is 0 Å². The minimum absolute atomic E-state index is 0.148. The van der Waals surface area contributed by atoms with Gasteiger partial charge in [0.2, 0.25) is 0 Å². The number of hydrogen-bond donors (Lipinski definition) is 4. The van der Waals surface area contributed by atoms with Gasteiger partial charge in [0.25, 0.3) is 0 Å². The minimum atomic E-state index is 0.148. The Hall–Kier alpha value is -1.48. The number of thiocarbonyl (C=S) groups is 2. The first-order chi connectivity index (χ1) is 10.6. The Morgan fingerprint density at radius 3 is 2.32 bits per heavy atom. The zero-order valence-electron chi connectivity index (χ0n) is 12.3. The summed E-state index contributed by atoms with van der Waals surface area (Å²) in [4.78, 5) is 4.61. The van der Waals surface area contributed by atoms with Crippen LogP contribution in [-0.2, 0) is 0 Å². The predicted molar refractivity (Wildman–Crippen MR) is 98.3 cm³/mol. The molecule has 0 aliphatic carbocycles. The number of piperazine rings is 1. The first-order valence-corrected chi connectivity index (χ1v) is 7.96. The third-order valence-electron chi connectivity index (χ3n) is 3.52. The number of aliphatic hydroxyl groups excluding tert-OH is 1. The first-order valence-electron chi connectivity index (χ1n) is 7.14. The predicted octanol–water partition coefficient (Wildman–Crippen LogP) is 0.331. The molecule has 1 aromatic carbocycles. The van der Waals surface area contributed by atoms with Crippen molar-refractivity contribution in [2.24, 2.45) is 5.73 Å². The van der Waals surface area contributed by atoms with Gasteiger partial charge in [-0.1, -0.05) is 0 Å². The Labute approximate surface area is 141 Å². The molecule has 8 heteroatoms. The molecule has 6 nitrogen and oxygen atoms in total. The summed E-state index contributed by atoms with van der Waals surface area (Å²) in [7, 11) is 0. The molecule has 0 amide bonds. The second kappa shape index (κ2) is 8.23. The highest BCUT2D eigenvalue weighted by molar-refractivity contribution is 7.82. The molecule has 2 rings (SSSR count). The Balaban J connectivity index is 1.87. The Kier molecular flexibility index (Phi) is 6.32. The second-order valence-electron chi connectivity index (χ2n) is 5.04. The van der Waals surface area contributed by atoms with E-state index in [-0.39, 0.29) is 11.7 Å². The molecular formula is C14H21N5OS2. The highest BCUT2D eigenvalue weighted by Gasteiger charge is 2.16. The molecule has 5 N–H and O–H groups in total. The zero-order chi connectivity index (χ0) is 15.9. The van der Waals surface area contributed by atoms with Gasteiger partial charge < -0.3 is 26.4 Å². The summed E-state index contributed by atoms with van der Waals surface area (Å²) in [6, 6.07) is 8.08. The maximum absolute atomic E-state index is 8.96. The molecule has 1 aromatic rings. The molecule has 22 heavy (non-hydrogen) atoms. The fraction of sp³-hybridized carbons (Fsp3) is 0.429. The smallest absolute Gasteiger partial charge is 0.177 e. The normalized spacial score (nSPS) is 15.4. The van der Waals surface area contributed by atoms with Crippen LogP contribution in [0, 0.1) is 0 Å². The van der Waals surface area contributed by atoms with Crippen molar-refractivity contribution in [1.82, 2.24) is 10.2 Å².